The first-order chi connectivity index (χ1) is 9.25. The van der Waals surface area contributed by atoms with Gasteiger partial charge in [0.1, 0.15) is 11.2 Å². The molecule has 0 atom stereocenters. The van der Waals surface area contributed by atoms with E-state index in [-0.39, 0.29) is 5.95 Å². The van der Waals surface area contributed by atoms with Crippen molar-refractivity contribution >= 4 is 22.8 Å². The highest BCUT2D eigenvalue weighted by atomic mass is 16.7. The summed E-state index contributed by atoms with van der Waals surface area (Å²) in [7, 11) is 0. The number of fused-ring (bicyclic) bond motifs is 1. The van der Waals surface area contributed by atoms with Gasteiger partial charge in [0.2, 0.25) is 0 Å². The lowest BCUT2D eigenvalue weighted by molar-refractivity contribution is -0.484. The van der Waals surface area contributed by atoms with Crippen molar-refractivity contribution in [3.63, 3.8) is 0 Å². The van der Waals surface area contributed by atoms with Crippen LogP contribution in [-0.4, -0.2) is 25.0 Å². The molecule has 3 rings (SSSR count). The summed E-state index contributed by atoms with van der Waals surface area (Å²) in [5.41, 5.74) is 1.38. The smallest absolute Gasteiger partial charge is 0.296 e. The average molecular weight is 256 g/mol. The molecule has 2 aromatic heterocycles. The molecular weight excluding hydrogens is 248 g/mol. The van der Waals surface area contributed by atoms with Crippen LogP contribution in [0.5, 0.6) is 0 Å². The molecule has 0 saturated carbocycles. The van der Waals surface area contributed by atoms with Gasteiger partial charge in [0.05, 0.1) is 12.5 Å². The number of hydrogen-bond acceptors (Lipinski definition) is 5. The molecule has 0 aliphatic rings. The number of imidazole rings is 1. The van der Waals surface area contributed by atoms with E-state index in [1.54, 1.807) is 30.3 Å². The van der Waals surface area contributed by atoms with Crippen LogP contribution in [0.2, 0.25) is 0 Å². The number of nitro groups is 1. The Kier molecular flexibility index (Phi) is 2.53. The Morgan fingerprint density at radius 3 is 2.74 bits per heavy atom. The summed E-state index contributed by atoms with van der Waals surface area (Å²) in [4.78, 5) is 26.0. The van der Waals surface area contributed by atoms with Gasteiger partial charge in [0.15, 0.2) is 10.7 Å². The lowest BCUT2D eigenvalue weighted by Gasteiger charge is -2.11. The van der Waals surface area contributed by atoms with E-state index in [4.69, 9.17) is 0 Å². The number of para-hydroxylation sites is 1. The standard InChI is InChI=1S/C11H8N6O2/c18-17(19)16(8-4-2-1-3-5-8)11-12-6-9-10(15-11)14-7-13-9/h1-7H,(H,12,13,14,15). The van der Waals surface area contributed by atoms with Gasteiger partial charge in [0, 0.05) is 0 Å². The molecule has 1 N–H and O–H groups in total. The van der Waals surface area contributed by atoms with Gasteiger partial charge in [-0.1, -0.05) is 18.2 Å². The summed E-state index contributed by atoms with van der Waals surface area (Å²) in [6, 6.07) is 8.42. The summed E-state index contributed by atoms with van der Waals surface area (Å²) in [6.45, 7) is 0. The Hall–Kier alpha value is -3.03. The van der Waals surface area contributed by atoms with Gasteiger partial charge in [-0.3, -0.25) is 0 Å². The van der Waals surface area contributed by atoms with Crippen molar-refractivity contribution < 1.29 is 5.03 Å². The lowest BCUT2D eigenvalue weighted by Crippen LogP contribution is -2.26. The summed E-state index contributed by atoms with van der Waals surface area (Å²) >= 11 is 0. The molecular formula is C11H8N6O2. The van der Waals surface area contributed by atoms with Gasteiger partial charge in [-0.25, -0.2) is 20.1 Å². The van der Waals surface area contributed by atoms with Gasteiger partial charge in [-0.2, -0.15) is 4.98 Å². The molecule has 0 fully saturated rings. The number of benzene rings is 1. The van der Waals surface area contributed by atoms with E-state index in [9.17, 15) is 10.1 Å². The minimum atomic E-state index is -0.566. The molecule has 0 radical (unpaired) electrons. The number of hydrazine groups is 1. The monoisotopic (exact) mass is 256 g/mol. The molecule has 3 aromatic rings. The number of anilines is 2. The predicted molar refractivity (Wildman–Crippen MR) is 67.3 cm³/mol. The van der Waals surface area contributed by atoms with Crippen molar-refractivity contribution in [3.05, 3.63) is 53.0 Å². The SMILES string of the molecule is O=[N+]([O-])N(c1ccccc1)c1ncc2[nH]cnc2n1. The van der Waals surface area contributed by atoms with E-state index < -0.39 is 5.03 Å². The van der Waals surface area contributed by atoms with Crippen LogP contribution < -0.4 is 5.01 Å². The molecule has 0 aliphatic heterocycles. The highest BCUT2D eigenvalue weighted by molar-refractivity contribution is 5.70. The number of nitrogens with zero attached hydrogens (tertiary/aromatic N) is 5. The van der Waals surface area contributed by atoms with Crippen LogP contribution in [0.25, 0.3) is 11.2 Å². The highest BCUT2D eigenvalue weighted by Crippen LogP contribution is 2.22. The largest absolute Gasteiger partial charge is 0.342 e. The third kappa shape index (κ3) is 1.95. The normalized spacial score (nSPS) is 10.5. The topological polar surface area (TPSA) is 101 Å². The molecule has 8 heteroatoms. The third-order valence-electron chi connectivity index (χ3n) is 2.52. The fraction of sp³-hybridized carbons (Fsp3) is 0. The van der Waals surface area contributed by atoms with E-state index in [1.165, 1.54) is 12.5 Å². The molecule has 0 amide bonds. The number of H-pyrrole nitrogens is 1. The van der Waals surface area contributed by atoms with Crippen molar-refractivity contribution in [2.45, 2.75) is 0 Å². The molecule has 94 valence electrons. The Morgan fingerprint density at radius 2 is 2.00 bits per heavy atom. The highest BCUT2D eigenvalue weighted by Gasteiger charge is 2.23. The van der Waals surface area contributed by atoms with Crippen LogP contribution in [0, 0.1) is 10.1 Å². The zero-order chi connectivity index (χ0) is 13.2. The first kappa shape index (κ1) is 11.1. The number of hydrogen-bond donors (Lipinski definition) is 1. The first-order valence-corrected chi connectivity index (χ1v) is 5.41. The number of aromatic nitrogens is 4. The fourth-order valence-corrected chi connectivity index (χ4v) is 1.68. The van der Waals surface area contributed by atoms with Crippen LogP contribution in [0.3, 0.4) is 0 Å². The Morgan fingerprint density at radius 1 is 1.21 bits per heavy atom. The van der Waals surface area contributed by atoms with Gasteiger partial charge in [-0.05, 0) is 17.1 Å². The lowest BCUT2D eigenvalue weighted by atomic mass is 10.3. The summed E-state index contributed by atoms with van der Waals surface area (Å²) < 4.78 is 0. The van der Waals surface area contributed by atoms with Crippen molar-refractivity contribution in [2.75, 3.05) is 5.01 Å². The second-order valence-electron chi connectivity index (χ2n) is 3.70. The van der Waals surface area contributed by atoms with Gasteiger partial charge in [-0.15, -0.1) is 0 Å². The fourth-order valence-electron chi connectivity index (χ4n) is 1.68. The maximum atomic E-state index is 11.2. The van der Waals surface area contributed by atoms with Crippen molar-refractivity contribution in [1.29, 1.82) is 0 Å². The molecule has 8 nitrogen and oxygen atoms in total. The van der Waals surface area contributed by atoms with Crippen LogP contribution in [0.4, 0.5) is 11.6 Å². The van der Waals surface area contributed by atoms with E-state index in [0.717, 1.165) is 5.01 Å². The second-order valence-corrected chi connectivity index (χ2v) is 3.70. The number of aromatic amines is 1. The zero-order valence-corrected chi connectivity index (χ0v) is 9.59. The Labute approximate surface area is 106 Å². The minimum Gasteiger partial charge on any atom is -0.342 e. The van der Waals surface area contributed by atoms with Crippen molar-refractivity contribution in [3.8, 4) is 0 Å². The molecule has 0 unspecified atom stereocenters. The minimum absolute atomic E-state index is 0.0317. The van der Waals surface area contributed by atoms with E-state index in [1.807, 2.05) is 0 Å². The quantitative estimate of drug-likeness (QED) is 0.565. The van der Waals surface area contributed by atoms with E-state index >= 15 is 0 Å². The summed E-state index contributed by atoms with van der Waals surface area (Å²) in [6.07, 6.45) is 2.92. The molecule has 0 aliphatic carbocycles. The molecule has 19 heavy (non-hydrogen) atoms. The number of rotatable bonds is 3. The predicted octanol–water partition coefficient (Wildman–Crippen LogP) is 1.68. The summed E-state index contributed by atoms with van der Waals surface area (Å²) in [5, 5.41) is 11.4. The maximum absolute atomic E-state index is 11.2. The summed E-state index contributed by atoms with van der Waals surface area (Å²) in [5.74, 6) is -0.0317. The Balaban J connectivity index is 2.12. The van der Waals surface area contributed by atoms with E-state index in [0.29, 0.717) is 16.9 Å². The van der Waals surface area contributed by atoms with E-state index in [2.05, 4.69) is 19.9 Å². The van der Waals surface area contributed by atoms with Crippen LogP contribution in [0.15, 0.2) is 42.9 Å². The third-order valence-corrected chi connectivity index (χ3v) is 2.52. The second kappa shape index (κ2) is 4.33. The first-order valence-electron chi connectivity index (χ1n) is 5.41. The van der Waals surface area contributed by atoms with Crippen LogP contribution >= 0.6 is 0 Å². The zero-order valence-electron chi connectivity index (χ0n) is 9.59. The molecule has 0 bridgehead atoms. The van der Waals surface area contributed by atoms with Crippen LogP contribution in [-0.2, 0) is 0 Å². The molecule has 2 heterocycles. The molecule has 0 saturated heterocycles. The van der Waals surface area contributed by atoms with Crippen LogP contribution in [0.1, 0.15) is 0 Å². The maximum Gasteiger partial charge on any atom is 0.296 e. The van der Waals surface area contributed by atoms with Gasteiger partial charge >= 0.3 is 0 Å². The van der Waals surface area contributed by atoms with Crippen molar-refractivity contribution in [2.24, 2.45) is 0 Å². The van der Waals surface area contributed by atoms with Gasteiger partial charge in [0.25, 0.3) is 5.95 Å². The number of nitrogens with one attached hydrogen (secondary N) is 1. The molecule has 1 aromatic carbocycles. The molecule has 0 spiro atoms. The average Bonchev–Trinajstić information content (AvgIpc) is 2.87. The van der Waals surface area contributed by atoms with Gasteiger partial charge < -0.3 is 4.98 Å². The Bertz CT molecular complexity index is 726. The van der Waals surface area contributed by atoms with Crippen molar-refractivity contribution in [1.82, 2.24) is 19.9 Å².